The van der Waals surface area contributed by atoms with Crippen molar-refractivity contribution in [2.75, 3.05) is 6.54 Å². The van der Waals surface area contributed by atoms with Crippen molar-refractivity contribution in [3.05, 3.63) is 71.8 Å². The van der Waals surface area contributed by atoms with E-state index < -0.39 is 0 Å². The average Bonchev–Trinajstić information content (AvgIpc) is 2.88. The fraction of sp³-hybridized carbons (Fsp3) is 0.333. The van der Waals surface area contributed by atoms with Crippen LogP contribution in [0.15, 0.2) is 60.7 Å². The Balaban J connectivity index is 2.01. The minimum Gasteiger partial charge on any atom is -0.314 e. The molecule has 1 heteroatoms. The van der Waals surface area contributed by atoms with E-state index in [9.17, 15) is 0 Å². The Hall–Kier alpha value is -1.60. The molecule has 1 aliphatic rings. The zero-order valence-electron chi connectivity index (χ0n) is 11.4. The second-order valence-electron chi connectivity index (χ2n) is 5.49. The summed E-state index contributed by atoms with van der Waals surface area (Å²) in [4.78, 5) is 0. The van der Waals surface area contributed by atoms with Gasteiger partial charge in [-0.15, -0.1) is 0 Å². The van der Waals surface area contributed by atoms with E-state index in [0.717, 1.165) is 6.54 Å². The van der Waals surface area contributed by atoms with E-state index in [1.165, 1.54) is 17.5 Å². The van der Waals surface area contributed by atoms with Crippen molar-refractivity contribution >= 4 is 0 Å². The Bertz CT molecular complexity index is 466. The van der Waals surface area contributed by atoms with Gasteiger partial charge in [-0.3, -0.25) is 0 Å². The monoisotopic (exact) mass is 251 g/mol. The largest absolute Gasteiger partial charge is 0.314 e. The molecule has 0 saturated carbocycles. The lowest BCUT2D eigenvalue weighted by Crippen LogP contribution is -2.27. The predicted molar refractivity (Wildman–Crippen MR) is 80.3 cm³/mol. The molecule has 2 unspecified atom stereocenters. The number of rotatable bonds is 3. The van der Waals surface area contributed by atoms with Gasteiger partial charge in [0.1, 0.15) is 0 Å². The zero-order valence-corrected chi connectivity index (χ0v) is 11.4. The van der Waals surface area contributed by atoms with Gasteiger partial charge in [0, 0.05) is 12.0 Å². The molecular formula is C18H21N. The topological polar surface area (TPSA) is 12.0 Å². The summed E-state index contributed by atoms with van der Waals surface area (Å²) in [7, 11) is 0. The van der Waals surface area contributed by atoms with Gasteiger partial charge < -0.3 is 5.32 Å². The van der Waals surface area contributed by atoms with Crippen LogP contribution < -0.4 is 5.32 Å². The van der Waals surface area contributed by atoms with Crippen molar-refractivity contribution in [1.82, 2.24) is 5.32 Å². The highest BCUT2D eigenvalue weighted by Gasteiger charge is 2.32. The summed E-state index contributed by atoms with van der Waals surface area (Å²) < 4.78 is 0. The normalized spacial score (nSPS) is 22.8. The molecule has 1 nitrogen and oxygen atoms in total. The highest BCUT2D eigenvalue weighted by molar-refractivity contribution is 5.34. The minimum absolute atomic E-state index is 0.507. The number of hydrogen-bond donors (Lipinski definition) is 1. The molecule has 0 amide bonds. The molecule has 2 atom stereocenters. The van der Waals surface area contributed by atoms with Gasteiger partial charge in [-0.1, -0.05) is 60.7 Å². The van der Waals surface area contributed by atoms with Gasteiger partial charge in [-0.25, -0.2) is 0 Å². The van der Waals surface area contributed by atoms with Crippen molar-refractivity contribution in [3.8, 4) is 0 Å². The maximum absolute atomic E-state index is 3.59. The zero-order chi connectivity index (χ0) is 13.1. The number of benzene rings is 2. The summed E-state index contributed by atoms with van der Waals surface area (Å²) in [6.45, 7) is 3.46. The van der Waals surface area contributed by atoms with E-state index in [2.05, 4.69) is 72.9 Å². The maximum atomic E-state index is 3.59. The third-order valence-corrected chi connectivity index (χ3v) is 4.33. The Morgan fingerprint density at radius 2 is 1.42 bits per heavy atom. The molecule has 2 aromatic carbocycles. The van der Waals surface area contributed by atoms with Crippen LogP contribution in [0, 0.1) is 5.92 Å². The third-order valence-electron chi connectivity index (χ3n) is 4.33. The van der Waals surface area contributed by atoms with Gasteiger partial charge in [0.2, 0.25) is 0 Å². The van der Waals surface area contributed by atoms with Gasteiger partial charge in [-0.05, 0) is 36.9 Å². The first-order chi connectivity index (χ1) is 9.36. The molecule has 19 heavy (non-hydrogen) atoms. The van der Waals surface area contributed by atoms with Gasteiger partial charge in [0.05, 0.1) is 0 Å². The predicted octanol–water partition coefficient (Wildman–Crippen LogP) is 3.82. The third kappa shape index (κ3) is 2.57. The van der Waals surface area contributed by atoms with Crippen LogP contribution in [0.4, 0.5) is 0 Å². The van der Waals surface area contributed by atoms with E-state index in [1.807, 2.05) is 0 Å². The number of nitrogens with one attached hydrogen (secondary N) is 1. The summed E-state index contributed by atoms with van der Waals surface area (Å²) in [5.74, 6) is 1.19. The first-order valence-corrected chi connectivity index (χ1v) is 7.19. The molecule has 98 valence electrons. The van der Waals surface area contributed by atoms with Crippen LogP contribution in [-0.4, -0.2) is 12.6 Å². The van der Waals surface area contributed by atoms with Crippen molar-refractivity contribution < 1.29 is 0 Å². The summed E-state index contributed by atoms with van der Waals surface area (Å²) >= 11 is 0. The Labute approximate surface area is 115 Å². The van der Waals surface area contributed by atoms with Gasteiger partial charge >= 0.3 is 0 Å². The van der Waals surface area contributed by atoms with Crippen LogP contribution in [0.3, 0.4) is 0 Å². The molecule has 1 aliphatic heterocycles. The standard InChI is InChI=1S/C18H21N/c1-14-17(12-13-19-14)18(15-8-4-2-5-9-15)16-10-6-3-7-11-16/h2-11,14,17-19H,12-13H2,1H3. The van der Waals surface area contributed by atoms with Gasteiger partial charge in [0.25, 0.3) is 0 Å². The molecule has 0 radical (unpaired) electrons. The fourth-order valence-corrected chi connectivity index (χ4v) is 3.34. The molecule has 1 heterocycles. The lowest BCUT2D eigenvalue weighted by atomic mass is 9.77. The van der Waals surface area contributed by atoms with Crippen molar-refractivity contribution in [2.24, 2.45) is 5.92 Å². The van der Waals surface area contributed by atoms with Crippen LogP contribution in [0.25, 0.3) is 0 Å². The summed E-state index contributed by atoms with van der Waals surface area (Å²) in [6, 6.07) is 22.5. The molecule has 1 fully saturated rings. The van der Waals surface area contributed by atoms with E-state index >= 15 is 0 Å². The highest BCUT2D eigenvalue weighted by atomic mass is 14.9. The maximum Gasteiger partial charge on any atom is 0.0133 e. The lowest BCUT2D eigenvalue weighted by molar-refractivity contribution is 0.428. The molecule has 0 aromatic heterocycles. The van der Waals surface area contributed by atoms with Crippen LogP contribution >= 0.6 is 0 Å². The second-order valence-corrected chi connectivity index (χ2v) is 5.49. The quantitative estimate of drug-likeness (QED) is 0.874. The molecule has 1 saturated heterocycles. The molecule has 3 rings (SSSR count). The van der Waals surface area contributed by atoms with Crippen LogP contribution in [-0.2, 0) is 0 Å². The highest BCUT2D eigenvalue weighted by Crippen LogP contribution is 2.37. The molecule has 0 aliphatic carbocycles. The Morgan fingerprint density at radius 3 is 1.84 bits per heavy atom. The Kier molecular flexibility index (Phi) is 3.65. The van der Waals surface area contributed by atoms with E-state index in [-0.39, 0.29) is 0 Å². The summed E-state index contributed by atoms with van der Waals surface area (Å²) in [5, 5.41) is 3.59. The van der Waals surface area contributed by atoms with Crippen molar-refractivity contribution in [2.45, 2.75) is 25.3 Å². The van der Waals surface area contributed by atoms with E-state index in [0.29, 0.717) is 17.9 Å². The fourth-order valence-electron chi connectivity index (χ4n) is 3.34. The van der Waals surface area contributed by atoms with Gasteiger partial charge in [-0.2, -0.15) is 0 Å². The number of hydrogen-bond acceptors (Lipinski definition) is 1. The minimum atomic E-state index is 0.507. The SMILES string of the molecule is CC1NCCC1C(c1ccccc1)c1ccccc1. The smallest absolute Gasteiger partial charge is 0.0133 e. The molecular weight excluding hydrogens is 230 g/mol. The first kappa shape index (κ1) is 12.4. The summed E-state index contributed by atoms with van der Waals surface area (Å²) in [6.07, 6.45) is 1.26. The van der Waals surface area contributed by atoms with E-state index in [4.69, 9.17) is 0 Å². The molecule has 0 spiro atoms. The van der Waals surface area contributed by atoms with Crippen LogP contribution in [0.5, 0.6) is 0 Å². The van der Waals surface area contributed by atoms with Crippen LogP contribution in [0.1, 0.15) is 30.4 Å². The van der Waals surface area contributed by atoms with Gasteiger partial charge in [0.15, 0.2) is 0 Å². The summed E-state index contributed by atoms with van der Waals surface area (Å²) in [5.41, 5.74) is 2.88. The van der Waals surface area contributed by atoms with Crippen molar-refractivity contribution in [3.63, 3.8) is 0 Å². The van der Waals surface area contributed by atoms with Crippen molar-refractivity contribution in [1.29, 1.82) is 0 Å². The first-order valence-electron chi connectivity index (χ1n) is 7.19. The van der Waals surface area contributed by atoms with E-state index in [1.54, 1.807) is 0 Å². The van der Waals surface area contributed by atoms with Crippen LogP contribution in [0.2, 0.25) is 0 Å². The second kappa shape index (κ2) is 5.58. The lowest BCUT2D eigenvalue weighted by Gasteiger charge is -2.27. The molecule has 0 bridgehead atoms. The molecule has 2 aromatic rings. The average molecular weight is 251 g/mol. The Morgan fingerprint density at radius 1 is 0.895 bits per heavy atom. The molecule has 1 N–H and O–H groups in total.